The number of amides is 1. The highest BCUT2D eigenvalue weighted by Gasteiger charge is 2.19. The summed E-state index contributed by atoms with van der Waals surface area (Å²) in [5.41, 5.74) is 0. The predicted octanol–water partition coefficient (Wildman–Crippen LogP) is 0.104. The van der Waals surface area contributed by atoms with Crippen LogP contribution in [0.4, 0.5) is 0 Å². The van der Waals surface area contributed by atoms with E-state index in [1.54, 1.807) is 18.9 Å². The molecule has 0 bridgehead atoms. The molecule has 0 aliphatic carbocycles. The molecule has 1 aliphatic heterocycles. The number of carbonyl (C=O) groups excluding carboxylic acids is 2. The fourth-order valence-corrected chi connectivity index (χ4v) is 1.78. The van der Waals surface area contributed by atoms with E-state index >= 15 is 0 Å². The zero-order chi connectivity index (χ0) is 12.0. The number of ether oxygens (including phenoxy) is 1. The van der Waals surface area contributed by atoms with E-state index in [1.165, 1.54) is 0 Å². The number of carbonyl (C=O) groups is 2. The van der Waals surface area contributed by atoms with Crippen molar-refractivity contribution >= 4 is 11.9 Å². The molecule has 0 radical (unpaired) electrons. The maximum atomic E-state index is 11.7. The largest absolute Gasteiger partial charge is 0.465 e. The van der Waals surface area contributed by atoms with Gasteiger partial charge in [0.15, 0.2) is 0 Å². The van der Waals surface area contributed by atoms with Crippen LogP contribution < -0.4 is 0 Å². The minimum atomic E-state index is -0.278. The Morgan fingerprint density at radius 1 is 1.25 bits per heavy atom. The molecule has 1 rings (SSSR count). The summed E-state index contributed by atoms with van der Waals surface area (Å²) < 4.78 is 4.81. The van der Waals surface area contributed by atoms with Crippen molar-refractivity contribution in [1.82, 2.24) is 9.80 Å². The maximum absolute atomic E-state index is 11.7. The Kier molecular flexibility index (Phi) is 5.25. The minimum Gasteiger partial charge on any atom is -0.465 e. The van der Waals surface area contributed by atoms with E-state index in [1.807, 2.05) is 4.90 Å². The van der Waals surface area contributed by atoms with E-state index < -0.39 is 0 Å². The molecule has 0 atom stereocenters. The second kappa shape index (κ2) is 6.48. The zero-order valence-corrected chi connectivity index (χ0v) is 10.1. The van der Waals surface area contributed by atoms with Gasteiger partial charge < -0.3 is 9.64 Å². The molecule has 0 aromatic carbocycles. The van der Waals surface area contributed by atoms with Crippen LogP contribution in [0.5, 0.6) is 0 Å². The van der Waals surface area contributed by atoms with E-state index in [-0.39, 0.29) is 18.4 Å². The van der Waals surface area contributed by atoms with Crippen LogP contribution in [0.3, 0.4) is 0 Å². The third kappa shape index (κ3) is 4.18. The first-order chi connectivity index (χ1) is 7.63. The van der Waals surface area contributed by atoms with Crippen LogP contribution in [0, 0.1) is 0 Å². The van der Waals surface area contributed by atoms with Crippen molar-refractivity contribution in [3.63, 3.8) is 0 Å². The van der Waals surface area contributed by atoms with E-state index in [9.17, 15) is 9.59 Å². The Hall–Kier alpha value is -1.10. The van der Waals surface area contributed by atoms with Crippen LogP contribution in [0.15, 0.2) is 0 Å². The number of likely N-dealkylation sites (tertiary alicyclic amines) is 1. The first-order valence-corrected chi connectivity index (χ1v) is 5.75. The molecule has 5 heteroatoms. The van der Waals surface area contributed by atoms with Crippen molar-refractivity contribution in [1.29, 1.82) is 0 Å². The summed E-state index contributed by atoms with van der Waals surface area (Å²) >= 11 is 0. The summed E-state index contributed by atoms with van der Waals surface area (Å²) in [7, 11) is 1.75. The second-order valence-electron chi connectivity index (χ2n) is 4.07. The molecule has 0 saturated carbocycles. The Labute approximate surface area is 96.3 Å². The van der Waals surface area contributed by atoms with Gasteiger partial charge in [-0.2, -0.15) is 0 Å². The summed E-state index contributed by atoms with van der Waals surface area (Å²) in [6, 6.07) is 0. The highest BCUT2D eigenvalue weighted by atomic mass is 16.5. The summed E-state index contributed by atoms with van der Waals surface area (Å²) in [4.78, 5) is 26.4. The molecule has 1 aliphatic rings. The van der Waals surface area contributed by atoms with Crippen molar-refractivity contribution < 1.29 is 14.3 Å². The maximum Gasteiger partial charge on any atom is 0.320 e. The van der Waals surface area contributed by atoms with Gasteiger partial charge in [-0.05, 0) is 26.8 Å². The fourth-order valence-electron chi connectivity index (χ4n) is 1.78. The first kappa shape index (κ1) is 13.0. The molecule has 1 fully saturated rings. The molecule has 0 N–H and O–H groups in total. The van der Waals surface area contributed by atoms with E-state index in [0.717, 1.165) is 25.9 Å². The topological polar surface area (TPSA) is 49.9 Å². The van der Waals surface area contributed by atoms with Crippen LogP contribution in [-0.4, -0.2) is 61.5 Å². The minimum absolute atomic E-state index is 0.101. The van der Waals surface area contributed by atoms with Crippen molar-refractivity contribution in [3.8, 4) is 0 Å². The van der Waals surface area contributed by atoms with Crippen molar-refractivity contribution in [3.05, 3.63) is 0 Å². The van der Waals surface area contributed by atoms with Crippen LogP contribution >= 0.6 is 0 Å². The monoisotopic (exact) mass is 228 g/mol. The average Bonchev–Trinajstić information content (AvgIpc) is 2.69. The molecule has 0 spiro atoms. The van der Waals surface area contributed by atoms with Gasteiger partial charge in [-0.3, -0.25) is 14.5 Å². The van der Waals surface area contributed by atoms with Crippen LogP contribution in [-0.2, 0) is 14.3 Å². The van der Waals surface area contributed by atoms with Crippen molar-refractivity contribution in [2.75, 3.05) is 39.8 Å². The third-order valence-corrected chi connectivity index (χ3v) is 2.57. The Morgan fingerprint density at radius 3 is 2.44 bits per heavy atom. The SMILES string of the molecule is CCOC(=O)CN(C)CC(=O)N1CCCC1. The van der Waals surface area contributed by atoms with Gasteiger partial charge in [0.1, 0.15) is 0 Å². The molecule has 0 unspecified atom stereocenters. The Bertz CT molecular complexity index is 250. The van der Waals surface area contributed by atoms with E-state index in [0.29, 0.717) is 13.2 Å². The van der Waals surface area contributed by atoms with Gasteiger partial charge in [0.2, 0.25) is 5.91 Å². The number of likely N-dealkylation sites (N-methyl/N-ethyl adjacent to an activating group) is 1. The lowest BCUT2D eigenvalue weighted by Gasteiger charge is -2.20. The van der Waals surface area contributed by atoms with Crippen LogP contribution in [0.1, 0.15) is 19.8 Å². The number of hydrogen-bond acceptors (Lipinski definition) is 4. The summed E-state index contributed by atoms with van der Waals surface area (Å²) in [6.45, 7) is 4.32. The quantitative estimate of drug-likeness (QED) is 0.626. The number of rotatable bonds is 5. The molecule has 0 aromatic heterocycles. The van der Waals surface area contributed by atoms with Gasteiger partial charge in [0, 0.05) is 13.1 Å². The van der Waals surface area contributed by atoms with E-state index in [2.05, 4.69) is 0 Å². The first-order valence-electron chi connectivity index (χ1n) is 5.75. The van der Waals surface area contributed by atoms with Crippen molar-refractivity contribution in [2.45, 2.75) is 19.8 Å². The summed E-state index contributed by atoms with van der Waals surface area (Å²) in [6.07, 6.45) is 2.18. The summed E-state index contributed by atoms with van der Waals surface area (Å²) in [5, 5.41) is 0. The molecule has 16 heavy (non-hydrogen) atoms. The molecule has 1 amide bonds. The number of hydrogen-bond donors (Lipinski definition) is 0. The van der Waals surface area contributed by atoms with Gasteiger partial charge in [-0.1, -0.05) is 0 Å². The predicted molar refractivity (Wildman–Crippen MR) is 59.9 cm³/mol. The lowest BCUT2D eigenvalue weighted by molar-refractivity contribution is -0.144. The van der Waals surface area contributed by atoms with Gasteiger partial charge in [-0.25, -0.2) is 0 Å². The molecule has 0 aromatic rings. The molecule has 92 valence electrons. The molecule has 1 heterocycles. The Balaban J connectivity index is 2.24. The van der Waals surface area contributed by atoms with Gasteiger partial charge in [-0.15, -0.1) is 0 Å². The molecular weight excluding hydrogens is 208 g/mol. The highest BCUT2D eigenvalue weighted by Crippen LogP contribution is 2.07. The number of esters is 1. The van der Waals surface area contributed by atoms with Crippen LogP contribution in [0.25, 0.3) is 0 Å². The highest BCUT2D eigenvalue weighted by molar-refractivity contribution is 5.79. The molecule has 1 saturated heterocycles. The van der Waals surface area contributed by atoms with Crippen molar-refractivity contribution in [2.24, 2.45) is 0 Å². The van der Waals surface area contributed by atoms with Crippen LogP contribution in [0.2, 0.25) is 0 Å². The standard InChI is InChI=1S/C11H20N2O3/c1-3-16-11(15)9-12(2)8-10(14)13-6-4-5-7-13/h3-9H2,1-2H3. The van der Waals surface area contributed by atoms with Gasteiger partial charge in [0.25, 0.3) is 0 Å². The number of nitrogens with zero attached hydrogens (tertiary/aromatic N) is 2. The zero-order valence-electron chi connectivity index (χ0n) is 10.1. The Morgan fingerprint density at radius 2 is 1.88 bits per heavy atom. The average molecular weight is 228 g/mol. The second-order valence-corrected chi connectivity index (χ2v) is 4.07. The fraction of sp³-hybridized carbons (Fsp3) is 0.818. The van der Waals surface area contributed by atoms with Gasteiger partial charge in [0.05, 0.1) is 19.7 Å². The lowest BCUT2D eigenvalue weighted by atomic mass is 10.4. The molecule has 5 nitrogen and oxygen atoms in total. The van der Waals surface area contributed by atoms with Gasteiger partial charge >= 0.3 is 5.97 Å². The van der Waals surface area contributed by atoms with E-state index in [4.69, 9.17) is 4.74 Å². The normalized spacial score (nSPS) is 15.6. The smallest absolute Gasteiger partial charge is 0.320 e. The lowest BCUT2D eigenvalue weighted by Crippen LogP contribution is -2.39. The molecular formula is C11H20N2O3. The summed E-state index contributed by atoms with van der Waals surface area (Å²) in [5.74, 6) is -0.177. The third-order valence-electron chi connectivity index (χ3n) is 2.57.